The van der Waals surface area contributed by atoms with Gasteiger partial charge in [-0.05, 0) is 50.1 Å². The number of carbonyl (C=O) groups excluding carboxylic acids is 1. The second-order valence-corrected chi connectivity index (χ2v) is 5.79. The number of nitrogens with zero attached hydrogens (tertiary/aromatic N) is 1. The van der Waals surface area contributed by atoms with Gasteiger partial charge < -0.3 is 15.4 Å². The number of halogens is 2. The van der Waals surface area contributed by atoms with E-state index in [4.69, 9.17) is 4.74 Å². The van der Waals surface area contributed by atoms with Crippen molar-refractivity contribution in [1.29, 1.82) is 0 Å². The Bertz CT molecular complexity index is 677. The summed E-state index contributed by atoms with van der Waals surface area (Å²) in [7, 11) is 3.32. The number of hydrogen-bond donors (Lipinski definition) is 2. The highest BCUT2D eigenvalue weighted by atomic mass is 79.9. The molecule has 0 unspecified atom stereocenters. The predicted molar refractivity (Wildman–Crippen MR) is 90.1 cm³/mol. The van der Waals surface area contributed by atoms with Crippen LogP contribution in [0.2, 0.25) is 0 Å². The van der Waals surface area contributed by atoms with Gasteiger partial charge in [0.1, 0.15) is 17.3 Å². The van der Waals surface area contributed by atoms with Crippen LogP contribution >= 0.6 is 31.9 Å². The summed E-state index contributed by atoms with van der Waals surface area (Å²) in [6.07, 6.45) is 0. The van der Waals surface area contributed by atoms with Crippen LogP contribution in [0, 0.1) is 0 Å². The summed E-state index contributed by atoms with van der Waals surface area (Å²) in [5.41, 5.74) is 0.937. The Kier molecular flexibility index (Phi) is 5.19. The van der Waals surface area contributed by atoms with Crippen LogP contribution in [0.1, 0.15) is 10.5 Å². The lowest BCUT2D eigenvalue weighted by atomic mass is 10.2. The number of benzene rings is 1. The molecular formula is C14H13Br2N3O2. The molecule has 0 atom stereocenters. The third-order valence-electron chi connectivity index (χ3n) is 2.73. The molecule has 2 rings (SSSR count). The van der Waals surface area contributed by atoms with Crippen LogP contribution in [0.15, 0.2) is 39.3 Å². The third-order valence-corrected chi connectivity index (χ3v) is 4.00. The van der Waals surface area contributed by atoms with Gasteiger partial charge in [-0.25, -0.2) is 4.98 Å². The molecule has 0 aliphatic rings. The van der Waals surface area contributed by atoms with Gasteiger partial charge in [-0.15, -0.1) is 0 Å². The van der Waals surface area contributed by atoms with Crippen molar-refractivity contribution < 1.29 is 9.53 Å². The van der Waals surface area contributed by atoms with Gasteiger partial charge >= 0.3 is 0 Å². The zero-order valence-corrected chi connectivity index (χ0v) is 14.6. The molecule has 2 N–H and O–H groups in total. The molecule has 1 aromatic carbocycles. The Morgan fingerprint density at radius 2 is 2.00 bits per heavy atom. The molecule has 1 amide bonds. The van der Waals surface area contributed by atoms with Crippen LogP contribution in [0.4, 0.5) is 11.5 Å². The van der Waals surface area contributed by atoms with Crippen molar-refractivity contribution in [2.75, 3.05) is 24.8 Å². The molecule has 1 heterocycles. The van der Waals surface area contributed by atoms with Crippen LogP contribution in [-0.4, -0.2) is 25.0 Å². The normalized spacial score (nSPS) is 10.1. The van der Waals surface area contributed by atoms with Gasteiger partial charge in [0.2, 0.25) is 0 Å². The summed E-state index contributed by atoms with van der Waals surface area (Å²) < 4.78 is 6.76. The molecule has 0 spiro atoms. The summed E-state index contributed by atoms with van der Waals surface area (Å²) in [4.78, 5) is 16.4. The number of hydrogen-bond acceptors (Lipinski definition) is 4. The Hall–Kier alpha value is -1.60. The van der Waals surface area contributed by atoms with Crippen LogP contribution in [0.25, 0.3) is 0 Å². The molecule has 110 valence electrons. The highest BCUT2D eigenvalue weighted by Gasteiger charge is 2.13. The number of carbonyl (C=O) groups is 1. The lowest BCUT2D eigenvalue weighted by Gasteiger charge is -2.11. The number of pyridine rings is 1. The lowest BCUT2D eigenvalue weighted by molar-refractivity contribution is 0.102. The second-order valence-electron chi connectivity index (χ2n) is 4.08. The topological polar surface area (TPSA) is 63.2 Å². The quantitative estimate of drug-likeness (QED) is 0.796. The van der Waals surface area contributed by atoms with Gasteiger partial charge in [-0.3, -0.25) is 4.79 Å². The molecule has 0 aliphatic heterocycles. The number of nitrogens with one attached hydrogen (secondary N) is 2. The maximum absolute atomic E-state index is 12.2. The van der Waals surface area contributed by atoms with E-state index in [0.29, 0.717) is 22.9 Å². The van der Waals surface area contributed by atoms with E-state index in [0.717, 1.165) is 8.95 Å². The van der Waals surface area contributed by atoms with Gasteiger partial charge in [-0.1, -0.05) is 6.07 Å². The number of methoxy groups -OCH3 is 1. The van der Waals surface area contributed by atoms with E-state index in [1.807, 2.05) is 6.07 Å². The second kappa shape index (κ2) is 6.91. The van der Waals surface area contributed by atoms with Crippen molar-refractivity contribution in [3.63, 3.8) is 0 Å². The molecule has 0 aliphatic carbocycles. The van der Waals surface area contributed by atoms with Crippen molar-refractivity contribution in [3.8, 4) is 5.75 Å². The Morgan fingerprint density at radius 3 is 2.67 bits per heavy atom. The monoisotopic (exact) mass is 413 g/mol. The summed E-state index contributed by atoms with van der Waals surface area (Å²) in [6.45, 7) is 0. The maximum atomic E-state index is 12.2. The lowest BCUT2D eigenvalue weighted by Crippen LogP contribution is -2.14. The molecule has 21 heavy (non-hydrogen) atoms. The number of amides is 1. The number of ether oxygens (including phenoxy) is 1. The molecule has 0 radical (unpaired) electrons. The van der Waals surface area contributed by atoms with Gasteiger partial charge in [-0.2, -0.15) is 0 Å². The fourth-order valence-electron chi connectivity index (χ4n) is 1.67. The van der Waals surface area contributed by atoms with Crippen molar-refractivity contribution in [2.45, 2.75) is 0 Å². The number of anilines is 2. The molecular weight excluding hydrogens is 402 g/mol. The Balaban J connectivity index is 2.26. The van der Waals surface area contributed by atoms with Crippen LogP contribution in [0.3, 0.4) is 0 Å². The fourth-order valence-corrected chi connectivity index (χ4v) is 2.92. The van der Waals surface area contributed by atoms with Crippen LogP contribution in [-0.2, 0) is 0 Å². The van der Waals surface area contributed by atoms with Crippen molar-refractivity contribution in [2.24, 2.45) is 0 Å². The molecule has 0 bridgehead atoms. The average molecular weight is 415 g/mol. The van der Waals surface area contributed by atoms with E-state index in [1.165, 1.54) is 0 Å². The van der Waals surface area contributed by atoms with Crippen LogP contribution in [0.5, 0.6) is 5.75 Å². The SMILES string of the molecule is CNc1cccc(C(=O)Nc2cc(OC)c(Br)cc2Br)n1. The standard InChI is InChI=1S/C14H13Br2N3O2/c1-17-13-5-3-4-10(18-13)14(20)19-11-7-12(21-2)9(16)6-8(11)15/h3-7H,1-2H3,(H,17,18)(H,19,20). The molecule has 5 nitrogen and oxygen atoms in total. The minimum atomic E-state index is -0.294. The minimum Gasteiger partial charge on any atom is -0.495 e. The van der Waals surface area contributed by atoms with E-state index in [1.54, 1.807) is 38.4 Å². The maximum Gasteiger partial charge on any atom is 0.274 e. The first-order valence-electron chi connectivity index (χ1n) is 6.04. The Labute approximate surface area is 139 Å². The summed E-state index contributed by atoms with van der Waals surface area (Å²) >= 11 is 6.79. The summed E-state index contributed by atoms with van der Waals surface area (Å²) in [5.74, 6) is 0.970. The molecule has 2 aromatic rings. The summed E-state index contributed by atoms with van der Waals surface area (Å²) in [6, 6.07) is 8.75. The summed E-state index contributed by atoms with van der Waals surface area (Å²) in [5, 5.41) is 5.70. The van der Waals surface area contributed by atoms with Gasteiger partial charge in [0.25, 0.3) is 5.91 Å². The smallest absolute Gasteiger partial charge is 0.274 e. The molecule has 0 saturated heterocycles. The van der Waals surface area contributed by atoms with E-state index in [2.05, 4.69) is 47.5 Å². The van der Waals surface area contributed by atoms with Crippen LogP contribution < -0.4 is 15.4 Å². The zero-order chi connectivity index (χ0) is 15.4. The van der Waals surface area contributed by atoms with Gasteiger partial charge in [0.15, 0.2) is 0 Å². The van der Waals surface area contributed by atoms with E-state index >= 15 is 0 Å². The highest BCUT2D eigenvalue weighted by Crippen LogP contribution is 2.34. The van der Waals surface area contributed by atoms with Gasteiger partial charge in [0.05, 0.1) is 17.3 Å². The van der Waals surface area contributed by atoms with Gasteiger partial charge in [0, 0.05) is 17.6 Å². The average Bonchev–Trinajstić information content (AvgIpc) is 2.50. The van der Waals surface area contributed by atoms with Crippen molar-refractivity contribution in [1.82, 2.24) is 4.98 Å². The first-order chi connectivity index (χ1) is 10.0. The number of aromatic nitrogens is 1. The van der Waals surface area contributed by atoms with E-state index in [9.17, 15) is 4.79 Å². The first kappa shape index (κ1) is 15.8. The fraction of sp³-hybridized carbons (Fsp3) is 0.143. The molecule has 0 fully saturated rings. The van der Waals surface area contributed by atoms with Crippen molar-refractivity contribution in [3.05, 3.63) is 45.0 Å². The first-order valence-corrected chi connectivity index (χ1v) is 7.63. The number of rotatable bonds is 4. The molecule has 1 aromatic heterocycles. The molecule has 0 saturated carbocycles. The molecule has 7 heteroatoms. The van der Waals surface area contributed by atoms with E-state index < -0.39 is 0 Å². The minimum absolute atomic E-state index is 0.294. The zero-order valence-electron chi connectivity index (χ0n) is 11.4. The predicted octanol–water partition coefficient (Wildman–Crippen LogP) is 3.91. The largest absolute Gasteiger partial charge is 0.495 e. The third kappa shape index (κ3) is 3.74. The highest BCUT2D eigenvalue weighted by molar-refractivity contribution is 9.11. The van der Waals surface area contributed by atoms with E-state index in [-0.39, 0.29) is 5.91 Å². The Morgan fingerprint density at radius 1 is 1.24 bits per heavy atom. The van der Waals surface area contributed by atoms with Crippen molar-refractivity contribution >= 4 is 49.3 Å².